The lowest BCUT2D eigenvalue weighted by molar-refractivity contribution is 0.238. The highest BCUT2D eigenvalue weighted by Crippen LogP contribution is 2.18. The number of carbonyl (C=O) groups excluding carboxylic acids is 1. The summed E-state index contributed by atoms with van der Waals surface area (Å²) in [6, 6.07) is 7.56. The van der Waals surface area contributed by atoms with Gasteiger partial charge in [0.25, 0.3) is 0 Å². The number of hydrogen-bond acceptors (Lipinski definition) is 3. The summed E-state index contributed by atoms with van der Waals surface area (Å²) < 4.78 is 0. The predicted octanol–water partition coefficient (Wildman–Crippen LogP) is 2.67. The zero-order chi connectivity index (χ0) is 15.7. The van der Waals surface area contributed by atoms with E-state index in [-0.39, 0.29) is 12.6 Å². The number of amides is 2. The van der Waals surface area contributed by atoms with Crippen LogP contribution in [0.2, 0.25) is 0 Å². The minimum atomic E-state index is -0.206. The Morgan fingerprint density at radius 2 is 2.14 bits per heavy atom. The van der Waals surface area contributed by atoms with E-state index < -0.39 is 0 Å². The summed E-state index contributed by atoms with van der Waals surface area (Å²) in [4.78, 5) is 14.0. The fourth-order valence-corrected chi connectivity index (χ4v) is 2.05. The molecular formula is C16H27N3O2. The minimum absolute atomic E-state index is 0.160. The molecular weight excluding hydrogens is 266 g/mol. The Morgan fingerprint density at radius 1 is 1.38 bits per heavy atom. The van der Waals surface area contributed by atoms with Crippen LogP contribution in [0, 0.1) is 5.92 Å². The summed E-state index contributed by atoms with van der Waals surface area (Å²) in [6.07, 6.45) is 1.66. The van der Waals surface area contributed by atoms with Crippen molar-refractivity contribution >= 4 is 17.4 Å². The second-order valence-electron chi connectivity index (χ2n) is 5.19. The van der Waals surface area contributed by atoms with Gasteiger partial charge >= 0.3 is 6.03 Å². The maximum Gasteiger partial charge on any atom is 0.319 e. The smallest absolute Gasteiger partial charge is 0.319 e. The molecule has 0 aliphatic heterocycles. The van der Waals surface area contributed by atoms with Gasteiger partial charge in [0.2, 0.25) is 0 Å². The number of nitrogens with zero attached hydrogens (tertiary/aromatic N) is 1. The third-order valence-electron chi connectivity index (χ3n) is 3.69. The van der Waals surface area contributed by atoms with Crippen LogP contribution >= 0.6 is 0 Å². The topological polar surface area (TPSA) is 64.6 Å². The number of carbonyl (C=O) groups is 1. The highest BCUT2D eigenvalue weighted by molar-refractivity contribution is 5.89. The Bertz CT molecular complexity index is 437. The Morgan fingerprint density at radius 3 is 2.76 bits per heavy atom. The molecule has 3 N–H and O–H groups in total. The molecule has 0 saturated carbocycles. The summed E-state index contributed by atoms with van der Waals surface area (Å²) in [7, 11) is 2.01. The van der Waals surface area contributed by atoms with Gasteiger partial charge in [-0.05, 0) is 37.5 Å². The van der Waals surface area contributed by atoms with Crippen molar-refractivity contribution in [2.45, 2.75) is 26.7 Å². The molecule has 0 saturated heterocycles. The van der Waals surface area contributed by atoms with Crippen LogP contribution in [0.3, 0.4) is 0 Å². The maximum atomic E-state index is 11.9. The van der Waals surface area contributed by atoms with Gasteiger partial charge in [-0.25, -0.2) is 4.79 Å². The second kappa shape index (κ2) is 9.23. The molecule has 0 aliphatic rings. The predicted molar refractivity (Wildman–Crippen MR) is 87.9 cm³/mol. The van der Waals surface area contributed by atoms with Crippen molar-refractivity contribution in [2.24, 2.45) is 5.92 Å². The quantitative estimate of drug-likeness (QED) is 0.690. The lowest BCUT2D eigenvalue weighted by Gasteiger charge is -2.18. The first-order valence-electron chi connectivity index (χ1n) is 7.57. The SMILES string of the molecule is CCC(CCO)CNC(=O)Nc1cccc(N(C)CC)c1. The van der Waals surface area contributed by atoms with Crippen molar-refractivity contribution in [3.8, 4) is 0 Å². The standard InChI is InChI=1S/C16H27N3O2/c1-4-13(9-10-20)12-17-16(21)18-14-7-6-8-15(11-14)19(3)5-2/h6-8,11,13,20H,4-5,9-10,12H2,1-3H3,(H2,17,18,21). The molecule has 1 aromatic carbocycles. The van der Waals surface area contributed by atoms with E-state index in [1.54, 1.807) is 0 Å². The van der Waals surface area contributed by atoms with Gasteiger partial charge in [-0.15, -0.1) is 0 Å². The number of nitrogens with one attached hydrogen (secondary N) is 2. The molecule has 5 nitrogen and oxygen atoms in total. The van der Waals surface area contributed by atoms with Gasteiger partial charge in [-0.2, -0.15) is 0 Å². The lowest BCUT2D eigenvalue weighted by Crippen LogP contribution is -2.33. The Hall–Kier alpha value is -1.75. The van der Waals surface area contributed by atoms with E-state index in [1.165, 1.54) is 0 Å². The number of anilines is 2. The molecule has 0 aromatic heterocycles. The molecule has 1 unspecified atom stereocenters. The molecule has 1 rings (SSSR count). The molecule has 1 atom stereocenters. The van der Waals surface area contributed by atoms with Gasteiger partial charge in [0, 0.05) is 38.1 Å². The molecule has 21 heavy (non-hydrogen) atoms. The van der Waals surface area contributed by atoms with Crippen molar-refractivity contribution in [3.63, 3.8) is 0 Å². The van der Waals surface area contributed by atoms with E-state index >= 15 is 0 Å². The summed E-state index contributed by atoms with van der Waals surface area (Å²) >= 11 is 0. The van der Waals surface area contributed by atoms with E-state index in [9.17, 15) is 4.79 Å². The maximum absolute atomic E-state index is 11.9. The van der Waals surface area contributed by atoms with Gasteiger partial charge in [-0.1, -0.05) is 19.4 Å². The summed E-state index contributed by atoms with van der Waals surface area (Å²) in [6.45, 7) is 5.79. The molecule has 0 aliphatic carbocycles. The number of rotatable bonds is 8. The summed E-state index contributed by atoms with van der Waals surface area (Å²) in [5.41, 5.74) is 1.85. The van der Waals surface area contributed by atoms with Crippen LogP contribution < -0.4 is 15.5 Å². The Labute approximate surface area is 127 Å². The molecule has 0 heterocycles. The monoisotopic (exact) mass is 293 g/mol. The highest BCUT2D eigenvalue weighted by Gasteiger charge is 2.08. The van der Waals surface area contributed by atoms with Crippen LogP contribution in [0.5, 0.6) is 0 Å². The number of urea groups is 1. The normalized spacial score (nSPS) is 11.8. The average Bonchev–Trinajstić information content (AvgIpc) is 2.50. The average molecular weight is 293 g/mol. The third-order valence-corrected chi connectivity index (χ3v) is 3.69. The van der Waals surface area contributed by atoms with Crippen molar-refractivity contribution in [2.75, 3.05) is 37.0 Å². The van der Waals surface area contributed by atoms with E-state index in [4.69, 9.17) is 5.11 Å². The second-order valence-corrected chi connectivity index (χ2v) is 5.19. The fraction of sp³-hybridized carbons (Fsp3) is 0.562. The Balaban J connectivity index is 2.51. The van der Waals surface area contributed by atoms with E-state index in [0.717, 1.165) is 24.3 Å². The highest BCUT2D eigenvalue weighted by atomic mass is 16.3. The summed E-state index contributed by atoms with van der Waals surface area (Å²) in [5, 5.41) is 14.6. The van der Waals surface area contributed by atoms with Gasteiger partial charge in [-0.3, -0.25) is 0 Å². The first-order valence-corrected chi connectivity index (χ1v) is 7.57. The zero-order valence-corrected chi connectivity index (χ0v) is 13.2. The van der Waals surface area contributed by atoms with E-state index in [1.807, 2.05) is 31.3 Å². The number of aliphatic hydroxyl groups is 1. The fourth-order valence-electron chi connectivity index (χ4n) is 2.05. The number of hydrogen-bond donors (Lipinski definition) is 3. The molecule has 0 radical (unpaired) electrons. The van der Waals surface area contributed by atoms with Gasteiger partial charge in [0.05, 0.1) is 0 Å². The van der Waals surface area contributed by atoms with Crippen molar-refractivity contribution in [1.82, 2.24) is 5.32 Å². The molecule has 2 amide bonds. The van der Waals surface area contributed by atoms with E-state index in [0.29, 0.717) is 18.9 Å². The number of aliphatic hydroxyl groups excluding tert-OH is 1. The minimum Gasteiger partial charge on any atom is -0.396 e. The van der Waals surface area contributed by atoms with Crippen molar-refractivity contribution in [3.05, 3.63) is 24.3 Å². The van der Waals surface area contributed by atoms with Crippen LogP contribution in [0.4, 0.5) is 16.2 Å². The largest absolute Gasteiger partial charge is 0.396 e. The molecule has 5 heteroatoms. The molecule has 0 fully saturated rings. The first-order chi connectivity index (χ1) is 10.1. The molecule has 1 aromatic rings. The first kappa shape index (κ1) is 17.3. The van der Waals surface area contributed by atoms with Crippen LogP contribution in [0.15, 0.2) is 24.3 Å². The number of benzene rings is 1. The van der Waals surface area contributed by atoms with E-state index in [2.05, 4.69) is 29.4 Å². The van der Waals surface area contributed by atoms with Gasteiger partial charge < -0.3 is 20.6 Å². The lowest BCUT2D eigenvalue weighted by atomic mass is 10.0. The van der Waals surface area contributed by atoms with Crippen LogP contribution in [0.25, 0.3) is 0 Å². The summed E-state index contributed by atoms with van der Waals surface area (Å²) in [5.74, 6) is 0.318. The Kier molecular flexibility index (Phi) is 7.61. The van der Waals surface area contributed by atoms with Crippen molar-refractivity contribution < 1.29 is 9.90 Å². The van der Waals surface area contributed by atoms with Crippen LogP contribution in [-0.2, 0) is 0 Å². The van der Waals surface area contributed by atoms with Crippen LogP contribution in [0.1, 0.15) is 26.7 Å². The van der Waals surface area contributed by atoms with Gasteiger partial charge in [0.15, 0.2) is 0 Å². The molecule has 118 valence electrons. The van der Waals surface area contributed by atoms with Gasteiger partial charge in [0.1, 0.15) is 0 Å². The van der Waals surface area contributed by atoms with Crippen LogP contribution in [-0.4, -0.2) is 37.9 Å². The molecule has 0 spiro atoms. The zero-order valence-electron chi connectivity index (χ0n) is 13.2. The molecule has 0 bridgehead atoms. The van der Waals surface area contributed by atoms with Crippen molar-refractivity contribution in [1.29, 1.82) is 0 Å². The third kappa shape index (κ3) is 6.04.